The normalized spacial score (nSPS) is 13.8. The van der Waals surface area contributed by atoms with Crippen molar-refractivity contribution in [1.82, 2.24) is 5.32 Å². The van der Waals surface area contributed by atoms with Crippen molar-refractivity contribution in [2.24, 2.45) is 5.41 Å². The minimum atomic E-state index is -0.144. The Morgan fingerprint density at radius 3 is 2.35 bits per heavy atom. The van der Waals surface area contributed by atoms with E-state index in [0.29, 0.717) is 0 Å². The smallest absolute Gasteiger partial charge is 0.123 e. The Kier molecular flexibility index (Phi) is 4.70. The van der Waals surface area contributed by atoms with Crippen molar-refractivity contribution in [3.05, 3.63) is 35.1 Å². The van der Waals surface area contributed by atoms with Crippen LogP contribution in [0.5, 0.6) is 0 Å². The van der Waals surface area contributed by atoms with Crippen LogP contribution in [0.15, 0.2) is 18.2 Å². The first-order valence-corrected chi connectivity index (χ1v) is 6.41. The molecule has 0 aliphatic rings. The highest BCUT2D eigenvalue weighted by atomic mass is 19.1. The summed E-state index contributed by atoms with van der Waals surface area (Å²) in [5, 5.41) is 3.48. The molecule has 1 rings (SSSR count). The topological polar surface area (TPSA) is 12.0 Å². The summed E-state index contributed by atoms with van der Waals surface area (Å²) in [5.74, 6) is -0.144. The molecule has 0 aromatic heterocycles. The van der Waals surface area contributed by atoms with Crippen LogP contribution in [0.1, 0.15) is 51.3 Å². The molecule has 0 amide bonds. The number of nitrogens with one attached hydrogen (secondary N) is 1. The van der Waals surface area contributed by atoms with Gasteiger partial charge >= 0.3 is 0 Å². The average Bonchev–Trinajstić information content (AvgIpc) is 2.24. The van der Waals surface area contributed by atoms with E-state index in [-0.39, 0.29) is 17.3 Å². The van der Waals surface area contributed by atoms with Crippen LogP contribution in [0.2, 0.25) is 0 Å². The van der Waals surface area contributed by atoms with E-state index in [1.165, 1.54) is 0 Å². The van der Waals surface area contributed by atoms with Gasteiger partial charge in [0.1, 0.15) is 5.82 Å². The Balaban J connectivity index is 3.13. The number of aryl methyl sites for hydroxylation is 1. The highest BCUT2D eigenvalue weighted by molar-refractivity contribution is 5.27. The quantitative estimate of drug-likeness (QED) is 0.808. The SMILES string of the molecule is CCNC(c1cc(C)cc(F)c1)C(C)(C)CC. The van der Waals surface area contributed by atoms with Gasteiger partial charge in [0, 0.05) is 6.04 Å². The van der Waals surface area contributed by atoms with Crippen molar-refractivity contribution in [2.75, 3.05) is 6.54 Å². The van der Waals surface area contributed by atoms with E-state index in [1.807, 2.05) is 6.92 Å². The minimum Gasteiger partial charge on any atom is -0.310 e. The lowest BCUT2D eigenvalue weighted by Gasteiger charge is -2.34. The molecule has 1 aromatic carbocycles. The first-order chi connectivity index (χ1) is 7.90. The van der Waals surface area contributed by atoms with Crippen molar-refractivity contribution in [3.63, 3.8) is 0 Å². The molecule has 0 heterocycles. The van der Waals surface area contributed by atoms with Crippen LogP contribution >= 0.6 is 0 Å². The summed E-state index contributed by atoms with van der Waals surface area (Å²) in [5.41, 5.74) is 2.15. The molecule has 0 aliphatic carbocycles. The van der Waals surface area contributed by atoms with Crippen molar-refractivity contribution >= 4 is 0 Å². The molecule has 0 bridgehead atoms. The summed E-state index contributed by atoms with van der Waals surface area (Å²) in [6, 6.07) is 5.50. The predicted molar refractivity (Wildman–Crippen MR) is 71.6 cm³/mol. The summed E-state index contributed by atoms with van der Waals surface area (Å²) >= 11 is 0. The van der Waals surface area contributed by atoms with Crippen molar-refractivity contribution in [1.29, 1.82) is 0 Å². The first-order valence-electron chi connectivity index (χ1n) is 6.41. The fourth-order valence-electron chi connectivity index (χ4n) is 2.18. The van der Waals surface area contributed by atoms with Gasteiger partial charge in [-0.05, 0) is 48.6 Å². The van der Waals surface area contributed by atoms with Gasteiger partial charge in [0.2, 0.25) is 0 Å². The van der Waals surface area contributed by atoms with Crippen LogP contribution in [0.3, 0.4) is 0 Å². The van der Waals surface area contributed by atoms with E-state index < -0.39 is 0 Å². The van der Waals surface area contributed by atoms with Crippen molar-refractivity contribution in [3.8, 4) is 0 Å². The molecule has 1 nitrogen and oxygen atoms in total. The van der Waals surface area contributed by atoms with E-state index in [9.17, 15) is 4.39 Å². The number of halogens is 1. The highest BCUT2D eigenvalue weighted by Crippen LogP contribution is 2.36. The molecule has 0 saturated carbocycles. The molecule has 0 fully saturated rings. The van der Waals surface area contributed by atoms with E-state index in [4.69, 9.17) is 0 Å². The van der Waals surface area contributed by atoms with Crippen LogP contribution < -0.4 is 5.32 Å². The van der Waals surface area contributed by atoms with Gasteiger partial charge in [-0.15, -0.1) is 0 Å². The summed E-state index contributed by atoms with van der Waals surface area (Å²) in [6.45, 7) is 11.5. The standard InChI is InChI=1S/C15H24FN/c1-6-15(4,5)14(17-7-2)12-8-11(3)9-13(16)10-12/h8-10,14,17H,6-7H2,1-5H3. The summed E-state index contributed by atoms with van der Waals surface area (Å²) < 4.78 is 13.5. The monoisotopic (exact) mass is 237 g/mol. The zero-order valence-electron chi connectivity index (χ0n) is 11.6. The molecular weight excluding hydrogens is 213 g/mol. The Morgan fingerprint density at radius 2 is 1.88 bits per heavy atom. The molecule has 0 aliphatic heterocycles. The number of hydrogen-bond acceptors (Lipinski definition) is 1. The van der Waals surface area contributed by atoms with Gasteiger partial charge in [-0.2, -0.15) is 0 Å². The Bertz CT molecular complexity index is 351. The fraction of sp³-hybridized carbons (Fsp3) is 0.600. The number of hydrogen-bond donors (Lipinski definition) is 1. The van der Waals surface area contributed by atoms with E-state index in [2.05, 4.69) is 39.1 Å². The fourth-order valence-corrected chi connectivity index (χ4v) is 2.18. The molecule has 1 aromatic rings. The molecule has 0 radical (unpaired) electrons. The van der Waals surface area contributed by atoms with Gasteiger partial charge < -0.3 is 5.32 Å². The maximum atomic E-state index is 13.5. The molecule has 0 saturated heterocycles. The molecule has 17 heavy (non-hydrogen) atoms. The van der Waals surface area contributed by atoms with Gasteiger partial charge in [0.15, 0.2) is 0 Å². The lowest BCUT2D eigenvalue weighted by molar-refractivity contribution is 0.237. The molecule has 96 valence electrons. The van der Waals surface area contributed by atoms with E-state index >= 15 is 0 Å². The lowest BCUT2D eigenvalue weighted by Crippen LogP contribution is -2.34. The number of rotatable bonds is 5. The van der Waals surface area contributed by atoms with Crippen molar-refractivity contribution in [2.45, 2.75) is 47.1 Å². The van der Waals surface area contributed by atoms with Crippen molar-refractivity contribution < 1.29 is 4.39 Å². The largest absolute Gasteiger partial charge is 0.310 e. The summed E-state index contributed by atoms with van der Waals surface area (Å²) in [6.07, 6.45) is 1.06. The van der Waals surface area contributed by atoms with Gasteiger partial charge in [0.05, 0.1) is 0 Å². The minimum absolute atomic E-state index is 0.121. The van der Waals surface area contributed by atoms with Gasteiger partial charge in [-0.25, -0.2) is 4.39 Å². The molecule has 0 spiro atoms. The molecule has 1 N–H and O–H groups in total. The van der Waals surface area contributed by atoms with Gasteiger partial charge in [-0.1, -0.05) is 33.8 Å². The predicted octanol–water partition coefficient (Wildman–Crippen LogP) is 4.22. The Morgan fingerprint density at radius 1 is 1.24 bits per heavy atom. The van der Waals surface area contributed by atoms with Crippen LogP contribution in [0.25, 0.3) is 0 Å². The second-order valence-electron chi connectivity index (χ2n) is 5.39. The highest BCUT2D eigenvalue weighted by Gasteiger charge is 2.28. The molecular formula is C15H24FN. The lowest BCUT2D eigenvalue weighted by atomic mass is 9.78. The van der Waals surface area contributed by atoms with Crippen LogP contribution in [0.4, 0.5) is 4.39 Å². The second-order valence-corrected chi connectivity index (χ2v) is 5.39. The number of benzene rings is 1. The zero-order chi connectivity index (χ0) is 13.1. The maximum Gasteiger partial charge on any atom is 0.123 e. The molecule has 2 heteroatoms. The summed E-state index contributed by atoms with van der Waals surface area (Å²) in [4.78, 5) is 0. The third-order valence-electron chi connectivity index (χ3n) is 3.50. The average molecular weight is 237 g/mol. The van der Waals surface area contributed by atoms with Gasteiger partial charge in [0.25, 0.3) is 0 Å². The third-order valence-corrected chi connectivity index (χ3v) is 3.50. The van der Waals surface area contributed by atoms with E-state index in [1.54, 1.807) is 12.1 Å². The maximum absolute atomic E-state index is 13.5. The van der Waals surface area contributed by atoms with Crippen LogP contribution in [-0.2, 0) is 0 Å². The molecule has 1 atom stereocenters. The first kappa shape index (κ1) is 14.2. The second kappa shape index (κ2) is 5.63. The van der Waals surface area contributed by atoms with Crippen LogP contribution in [0, 0.1) is 18.2 Å². The zero-order valence-corrected chi connectivity index (χ0v) is 11.6. The van der Waals surface area contributed by atoms with E-state index in [0.717, 1.165) is 24.1 Å². The Hall–Kier alpha value is -0.890. The summed E-state index contributed by atoms with van der Waals surface area (Å²) in [7, 11) is 0. The molecule has 1 unspecified atom stereocenters. The Labute approximate surface area is 104 Å². The van der Waals surface area contributed by atoms with Gasteiger partial charge in [-0.3, -0.25) is 0 Å². The van der Waals surface area contributed by atoms with Crippen LogP contribution in [-0.4, -0.2) is 6.54 Å². The third kappa shape index (κ3) is 3.53.